The minimum atomic E-state index is -0.156. The molecule has 0 saturated carbocycles. The van der Waals surface area contributed by atoms with E-state index in [9.17, 15) is 4.79 Å². The van der Waals surface area contributed by atoms with Gasteiger partial charge in [-0.3, -0.25) is 4.79 Å². The lowest BCUT2D eigenvalue weighted by Gasteiger charge is -2.21. The average Bonchev–Trinajstić information content (AvgIpc) is 3.24. The van der Waals surface area contributed by atoms with Crippen LogP contribution in [-0.2, 0) is 13.1 Å². The summed E-state index contributed by atoms with van der Waals surface area (Å²) < 4.78 is 5.30. The van der Waals surface area contributed by atoms with Crippen LogP contribution in [0.2, 0.25) is 0 Å². The van der Waals surface area contributed by atoms with Gasteiger partial charge in [0.25, 0.3) is 5.91 Å². The number of carbonyl (C=O) groups excluding carboxylic acids is 1. The molecular weight excluding hydrogens is 334 g/mol. The molecule has 0 atom stereocenters. The van der Waals surface area contributed by atoms with Gasteiger partial charge < -0.3 is 9.42 Å². The fourth-order valence-corrected chi connectivity index (χ4v) is 3.26. The average molecular weight is 355 g/mol. The van der Waals surface area contributed by atoms with Gasteiger partial charge in [-0.2, -0.15) is 0 Å². The van der Waals surface area contributed by atoms with Crippen LogP contribution in [0.1, 0.15) is 52.1 Å². The Morgan fingerprint density at radius 2 is 2.00 bits per heavy atom. The van der Waals surface area contributed by atoms with Crippen LogP contribution in [0.25, 0.3) is 0 Å². The second-order valence-electron chi connectivity index (χ2n) is 6.28. The number of amides is 1. The zero-order chi connectivity index (χ0) is 17.8. The zero-order valence-electron chi connectivity index (χ0n) is 14.6. The summed E-state index contributed by atoms with van der Waals surface area (Å²) in [4.78, 5) is 20.1. The van der Waals surface area contributed by atoms with Gasteiger partial charge in [0.15, 0.2) is 0 Å². The summed E-state index contributed by atoms with van der Waals surface area (Å²) in [5.41, 5.74) is 4.62. The quantitative estimate of drug-likeness (QED) is 0.657. The molecule has 0 spiro atoms. The van der Waals surface area contributed by atoms with Gasteiger partial charge in [-0.1, -0.05) is 49.3 Å². The third-order valence-electron chi connectivity index (χ3n) is 4.01. The predicted molar refractivity (Wildman–Crippen MR) is 97.5 cm³/mol. The molecule has 0 bridgehead atoms. The first-order valence-corrected chi connectivity index (χ1v) is 9.11. The highest BCUT2D eigenvalue weighted by Gasteiger charge is 2.23. The van der Waals surface area contributed by atoms with Crippen LogP contribution in [0.5, 0.6) is 0 Å². The predicted octanol–water partition coefficient (Wildman–Crippen LogP) is 4.41. The van der Waals surface area contributed by atoms with Gasteiger partial charge >= 0.3 is 0 Å². The normalized spacial score (nSPS) is 11.0. The summed E-state index contributed by atoms with van der Waals surface area (Å²) in [6.07, 6.45) is 0. The summed E-state index contributed by atoms with van der Waals surface area (Å²) in [6.45, 7) is 7.02. The molecule has 0 aliphatic carbocycles. The first kappa shape index (κ1) is 17.4. The Morgan fingerprint density at radius 1 is 1.24 bits per heavy atom. The molecule has 1 aromatic carbocycles. The van der Waals surface area contributed by atoms with Crippen LogP contribution in [-0.4, -0.2) is 20.9 Å². The number of hydrogen-bond donors (Lipinski definition) is 0. The van der Waals surface area contributed by atoms with Crippen molar-refractivity contribution in [2.45, 2.75) is 39.8 Å². The lowest BCUT2D eigenvalue weighted by Crippen LogP contribution is -2.29. The number of benzene rings is 1. The highest BCUT2D eigenvalue weighted by atomic mass is 32.1. The summed E-state index contributed by atoms with van der Waals surface area (Å²) in [5, 5.41) is 4.01. The monoisotopic (exact) mass is 355 g/mol. The van der Waals surface area contributed by atoms with Crippen LogP contribution >= 0.6 is 11.3 Å². The van der Waals surface area contributed by atoms with Crippen molar-refractivity contribution in [1.82, 2.24) is 15.0 Å². The highest BCUT2D eigenvalue weighted by Crippen LogP contribution is 2.21. The first-order chi connectivity index (χ1) is 12.0. The molecule has 2 heterocycles. The molecule has 0 N–H and O–H groups in total. The van der Waals surface area contributed by atoms with Crippen molar-refractivity contribution in [2.24, 2.45) is 0 Å². The van der Waals surface area contributed by atoms with Crippen LogP contribution in [0.4, 0.5) is 0 Å². The maximum Gasteiger partial charge on any atom is 0.293 e. The second-order valence-corrected chi connectivity index (χ2v) is 7.22. The maximum absolute atomic E-state index is 13.0. The van der Waals surface area contributed by atoms with Gasteiger partial charge in [-0.25, -0.2) is 4.98 Å². The van der Waals surface area contributed by atoms with Gasteiger partial charge in [-0.15, -0.1) is 11.3 Å². The number of thiazole rings is 1. The minimum Gasteiger partial charge on any atom is -0.351 e. The second kappa shape index (κ2) is 7.61. The molecule has 5 nitrogen and oxygen atoms in total. The molecule has 0 radical (unpaired) electrons. The van der Waals surface area contributed by atoms with Crippen LogP contribution in [0.15, 0.2) is 46.4 Å². The van der Waals surface area contributed by atoms with Crippen molar-refractivity contribution in [1.29, 1.82) is 0 Å². The van der Waals surface area contributed by atoms with Gasteiger partial charge in [0.05, 0.1) is 23.4 Å². The van der Waals surface area contributed by atoms with E-state index in [1.54, 1.807) is 27.8 Å². The van der Waals surface area contributed by atoms with Crippen LogP contribution in [0, 0.1) is 6.92 Å². The fraction of sp³-hybridized carbons (Fsp3) is 0.316. The molecule has 0 saturated heterocycles. The van der Waals surface area contributed by atoms with E-state index in [4.69, 9.17) is 4.52 Å². The SMILES string of the molecule is Cc1ncsc1CN(Cc1ccccc1)C(=O)c1cc(C(C)C)no1. The van der Waals surface area contributed by atoms with E-state index in [-0.39, 0.29) is 17.6 Å². The Kier molecular flexibility index (Phi) is 5.28. The molecule has 0 unspecified atom stereocenters. The molecule has 25 heavy (non-hydrogen) atoms. The van der Waals surface area contributed by atoms with E-state index in [2.05, 4.69) is 10.1 Å². The van der Waals surface area contributed by atoms with Crippen LogP contribution < -0.4 is 0 Å². The molecular formula is C19H21N3O2S. The van der Waals surface area contributed by atoms with Gasteiger partial charge in [-0.05, 0) is 18.4 Å². The number of rotatable bonds is 6. The smallest absolute Gasteiger partial charge is 0.293 e. The summed E-state index contributed by atoms with van der Waals surface area (Å²) in [6, 6.07) is 11.7. The third kappa shape index (κ3) is 4.14. The Morgan fingerprint density at radius 3 is 2.60 bits per heavy atom. The van der Waals surface area contributed by atoms with E-state index < -0.39 is 0 Å². The topological polar surface area (TPSA) is 59.2 Å². The van der Waals surface area contributed by atoms with Crippen molar-refractivity contribution < 1.29 is 9.32 Å². The number of carbonyl (C=O) groups is 1. The molecule has 130 valence electrons. The molecule has 1 amide bonds. The third-order valence-corrected chi connectivity index (χ3v) is 4.93. The van der Waals surface area contributed by atoms with Crippen molar-refractivity contribution in [2.75, 3.05) is 0 Å². The Bertz CT molecular complexity index is 839. The van der Waals surface area contributed by atoms with E-state index in [1.165, 1.54) is 0 Å². The Hall–Kier alpha value is -2.47. The molecule has 2 aromatic heterocycles. The molecule has 3 aromatic rings. The highest BCUT2D eigenvalue weighted by molar-refractivity contribution is 7.09. The zero-order valence-corrected chi connectivity index (χ0v) is 15.4. The minimum absolute atomic E-state index is 0.156. The number of nitrogens with zero attached hydrogens (tertiary/aromatic N) is 3. The molecule has 6 heteroatoms. The van der Waals surface area contributed by atoms with E-state index >= 15 is 0 Å². The molecule has 0 fully saturated rings. The van der Waals surface area contributed by atoms with Crippen LogP contribution in [0.3, 0.4) is 0 Å². The number of aromatic nitrogens is 2. The summed E-state index contributed by atoms with van der Waals surface area (Å²) >= 11 is 1.56. The lowest BCUT2D eigenvalue weighted by atomic mass is 10.1. The summed E-state index contributed by atoms with van der Waals surface area (Å²) in [7, 11) is 0. The lowest BCUT2D eigenvalue weighted by molar-refractivity contribution is 0.0689. The first-order valence-electron chi connectivity index (χ1n) is 8.23. The van der Waals surface area contributed by atoms with Crippen molar-refractivity contribution in [3.05, 3.63) is 69.5 Å². The molecule has 0 aliphatic heterocycles. The van der Waals surface area contributed by atoms with Gasteiger partial charge in [0, 0.05) is 17.5 Å². The number of hydrogen-bond acceptors (Lipinski definition) is 5. The van der Waals surface area contributed by atoms with Crippen molar-refractivity contribution in [3.63, 3.8) is 0 Å². The maximum atomic E-state index is 13.0. The van der Waals surface area contributed by atoms with E-state index in [0.29, 0.717) is 13.1 Å². The van der Waals surface area contributed by atoms with Crippen molar-refractivity contribution >= 4 is 17.2 Å². The Balaban J connectivity index is 1.86. The van der Waals surface area contributed by atoms with Gasteiger partial charge in [0.1, 0.15) is 0 Å². The van der Waals surface area contributed by atoms with E-state index in [1.807, 2.05) is 51.1 Å². The standard InChI is InChI=1S/C19H21N3O2S/c1-13(2)16-9-17(24-21-16)19(23)22(10-15-7-5-4-6-8-15)11-18-14(3)20-12-25-18/h4-9,12-13H,10-11H2,1-3H3. The number of aryl methyl sites for hydroxylation is 1. The Labute approximate surface area is 151 Å². The fourth-order valence-electron chi connectivity index (χ4n) is 2.47. The summed E-state index contributed by atoms with van der Waals surface area (Å²) in [5.74, 6) is 0.342. The largest absolute Gasteiger partial charge is 0.351 e. The van der Waals surface area contributed by atoms with Gasteiger partial charge in [0.2, 0.25) is 5.76 Å². The molecule has 3 rings (SSSR count). The molecule has 0 aliphatic rings. The van der Waals surface area contributed by atoms with Crippen molar-refractivity contribution in [3.8, 4) is 0 Å². The van der Waals surface area contributed by atoms with E-state index in [0.717, 1.165) is 21.8 Å².